The topological polar surface area (TPSA) is 92.5 Å². The van der Waals surface area contributed by atoms with Gasteiger partial charge in [-0.2, -0.15) is 0 Å². The number of carbonyl (C=O) groups excluding carboxylic acids is 1. The molecule has 1 heterocycles. The van der Waals surface area contributed by atoms with Gasteiger partial charge in [-0.1, -0.05) is 30.3 Å². The van der Waals surface area contributed by atoms with Gasteiger partial charge < -0.3 is 14.4 Å². The van der Waals surface area contributed by atoms with E-state index in [4.69, 9.17) is 9.26 Å². The summed E-state index contributed by atoms with van der Waals surface area (Å²) in [5.41, 5.74) is -0.195. The van der Waals surface area contributed by atoms with Gasteiger partial charge >= 0.3 is 11.6 Å². The number of fused-ring (bicyclic) bond motifs is 1. The van der Waals surface area contributed by atoms with Crippen LogP contribution >= 0.6 is 0 Å². The molecule has 2 N–H and O–H groups in total. The molecule has 1 aliphatic carbocycles. The van der Waals surface area contributed by atoms with Gasteiger partial charge in [-0.05, 0) is 19.4 Å². The van der Waals surface area contributed by atoms with E-state index in [0.717, 1.165) is 5.56 Å². The molecule has 0 saturated carbocycles. The number of aromatic amines is 1. The van der Waals surface area contributed by atoms with Gasteiger partial charge in [0.15, 0.2) is 0 Å². The highest BCUT2D eigenvalue weighted by atomic mass is 16.5. The van der Waals surface area contributed by atoms with Crippen molar-refractivity contribution in [2.45, 2.75) is 31.8 Å². The Morgan fingerprint density at radius 2 is 2.13 bits per heavy atom. The second kappa shape index (κ2) is 5.70. The molecule has 3 atom stereocenters. The zero-order chi connectivity index (χ0) is 16.6. The first-order valence-corrected chi connectivity index (χ1v) is 7.60. The Balaban J connectivity index is 2.20. The van der Waals surface area contributed by atoms with E-state index in [1.54, 1.807) is 13.8 Å². The summed E-state index contributed by atoms with van der Waals surface area (Å²) in [7, 11) is 0. The summed E-state index contributed by atoms with van der Waals surface area (Å²) >= 11 is 0. The van der Waals surface area contributed by atoms with Gasteiger partial charge in [0.2, 0.25) is 0 Å². The molecule has 2 aromatic rings. The van der Waals surface area contributed by atoms with Crippen LogP contribution in [0.5, 0.6) is 0 Å². The Bertz CT molecular complexity index is 759. The fourth-order valence-electron chi connectivity index (χ4n) is 3.42. The lowest BCUT2D eigenvalue weighted by Gasteiger charge is -2.40. The summed E-state index contributed by atoms with van der Waals surface area (Å²) in [5, 5.41) is 13.4. The maximum atomic E-state index is 12.5. The van der Waals surface area contributed by atoms with E-state index < -0.39 is 29.0 Å². The molecule has 122 valence electrons. The lowest BCUT2D eigenvalue weighted by molar-refractivity contribution is -0.159. The third-order valence-corrected chi connectivity index (χ3v) is 4.36. The molecule has 6 nitrogen and oxygen atoms in total. The normalized spacial score (nSPS) is 26.6. The van der Waals surface area contributed by atoms with E-state index in [-0.39, 0.29) is 13.0 Å². The Morgan fingerprint density at radius 1 is 1.43 bits per heavy atom. The number of H-pyrrole nitrogens is 1. The molecule has 23 heavy (non-hydrogen) atoms. The lowest BCUT2D eigenvalue weighted by Crippen LogP contribution is -2.50. The van der Waals surface area contributed by atoms with Crippen LogP contribution in [0.4, 0.5) is 0 Å². The van der Waals surface area contributed by atoms with Crippen LogP contribution in [0.3, 0.4) is 0 Å². The second-order valence-electron chi connectivity index (χ2n) is 6.04. The van der Waals surface area contributed by atoms with Gasteiger partial charge in [0, 0.05) is 12.3 Å². The molecule has 1 aliphatic rings. The fraction of sp³-hybridized carbons (Fsp3) is 0.412. The van der Waals surface area contributed by atoms with Gasteiger partial charge in [-0.15, -0.1) is 0 Å². The maximum Gasteiger partial charge on any atom is 0.361 e. The molecule has 0 bridgehead atoms. The summed E-state index contributed by atoms with van der Waals surface area (Å²) in [5.74, 6) is -2.01. The number of hydrogen-bond donors (Lipinski definition) is 2. The molecule has 0 amide bonds. The molecule has 0 fully saturated rings. The van der Waals surface area contributed by atoms with Crippen molar-refractivity contribution >= 4 is 5.97 Å². The predicted octanol–water partition coefficient (Wildman–Crippen LogP) is 1.59. The summed E-state index contributed by atoms with van der Waals surface area (Å²) in [6.45, 7) is 3.50. The third kappa shape index (κ3) is 2.59. The molecule has 0 radical (unpaired) electrons. The Hall–Kier alpha value is -2.34. The number of nitrogens with one attached hydrogen (secondary N) is 1. The minimum atomic E-state index is -1.35. The lowest BCUT2D eigenvalue weighted by atomic mass is 9.66. The zero-order valence-corrected chi connectivity index (χ0v) is 13.0. The van der Waals surface area contributed by atoms with E-state index in [1.165, 1.54) is 0 Å². The Kier molecular flexibility index (Phi) is 3.85. The van der Waals surface area contributed by atoms with Gasteiger partial charge in [-0.25, -0.2) is 9.95 Å². The van der Waals surface area contributed by atoms with Crippen LogP contribution in [0, 0.1) is 5.92 Å². The van der Waals surface area contributed by atoms with Gasteiger partial charge in [-0.3, -0.25) is 4.79 Å². The zero-order valence-electron chi connectivity index (χ0n) is 13.0. The van der Waals surface area contributed by atoms with Crippen LogP contribution in [0.25, 0.3) is 0 Å². The molecule has 0 saturated heterocycles. The number of carbonyl (C=O) groups is 1. The van der Waals surface area contributed by atoms with Crippen LogP contribution < -0.4 is 5.63 Å². The summed E-state index contributed by atoms with van der Waals surface area (Å²) in [4.78, 5) is 24.7. The molecular weight excluding hydrogens is 298 g/mol. The van der Waals surface area contributed by atoms with E-state index >= 15 is 0 Å². The van der Waals surface area contributed by atoms with Gasteiger partial charge in [0.1, 0.15) is 0 Å². The molecule has 6 heteroatoms. The minimum absolute atomic E-state index is 0.126. The number of ether oxygens (including phenoxy) is 1. The van der Waals surface area contributed by atoms with Crippen molar-refractivity contribution in [2.24, 2.45) is 5.92 Å². The van der Waals surface area contributed by atoms with Crippen LogP contribution in [0.2, 0.25) is 0 Å². The largest absolute Gasteiger partial charge is 0.466 e. The SMILES string of the molecule is CCOC(=O)[C@@H]1[C@@H](c2ccccc2)c2c([nH]oc2=O)C[C@]1(C)O. The number of aliphatic hydroxyl groups is 1. The number of rotatable bonds is 3. The fourth-order valence-corrected chi connectivity index (χ4v) is 3.42. The Morgan fingerprint density at radius 3 is 2.78 bits per heavy atom. The van der Waals surface area contributed by atoms with Crippen molar-refractivity contribution in [1.29, 1.82) is 0 Å². The van der Waals surface area contributed by atoms with E-state index in [0.29, 0.717) is 11.3 Å². The van der Waals surface area contributed by atoms with E-state index in [1.807, 2.05) is 30.3 Å². The van der Waals surface area contributed by atoms with E-state index in [2.05, 4.69) is 5.16 Å². The molecule has 1 aromatic carbocycles. The minimum Gasteiger partial charge on any atom is -0.466 e. The number of hydrogen-bond acceptors (Lipinski definition) is 5. The smallest absolute Gasteiger partial charge is 0.361 e. The third-order valence-electron chi connectivity index (χ3n) is 4.36. The summed E-state index contributed by atoms with van der Waals surface area (Å²) in [6, 6.07) is 9.16. The second-order valence-corrected chi connectivity index (χ2v) is 6.04. The number of aromatic nitrogens is 1. The molecule has 0 spiro atoms. The van der Waals surface area contributed by atoms with Gasteiger partial charge in [0.05, 0.1) is 29.4 Å². The molecule has 3 rings (SSSR count). The summed E-state index contributed by atoms with van der Waals surface area (Å²) in [6.07, 6.45) is 0.126. The highest BCUT2D eigenvalue weighted by Crippen LogP contribution is 2.44. The Labute approximate surface area is 133 Å². The van der Waals surface area contributed by atoms with E-state index in [9.17, 15) is 14.7 Å². The quantitative estimate of drug-likeness (QED) is 0.839. The first-order chi connectivity index (χ1) is 11.0. The van der Waals surface area contributed by atoms with Crippen LogP contribution in [0.1, 0.15) is 36.6 Å². The average Bonchev–Trinajstić information content (AvgIpc) is 2.86. The van der Waals surface area contributed by atoms with Crippen molar-refractivity contribution in [1.82, 2.24) is 5.16 Å². The van der Waals surface area contributed by atoms with Crippen molar-refractivity contribution in [3.63, 3.8) is 0 Å². The predicted molar refractivity (Wildman–Crippen MR) is 82.1 cm³/mol. The monoisotopic (exact) mass is 317 g/mol. The summed E-state index contributed by atoms with van der Waals surface area (Å²) < 4.78 is 10.1. The first-order valence-electron chi connectivity index (χ1n) is 7.60. The highest BCUT2D eigenvalue weighted by Gasteiger charge is 2.51. The van der Waals surface area contributed by atoms with Crippen LogP contribution in [-0.4, -0.2) is 28.4 Å². The van der Waals surface area contributed by atoms with Gasteiger partial charge in [0.25, 0.3) is 0 Å². The maximum absolute atomic E-state index is 12.5. The average molecular weight is 317 g/mol. The standard InChI is InChI=1S/C17H19NO5/c1-3-22-16(20)14-12(10-7-5-4-6-8-10)13-11(9-17(14,2)21)18-23-15(13)19/h4-8,12,14,18,21H,3,9H2,1-2H3/t12-,14-,17-/m0/s1. The van der Waals surface area contributed by atoms with Crippen molar-refractivity contribution < 1.29 is 19.2 Å². The number of benzene rings is 1. The molecule has 0 unspecified atom stereocenters. The van der Waals surface area contributed by atoms with Crippen molar-refractivity contribution in [3.05, 3.63) is 57.6 Å². The first kappa shape index (κ1) is 15.6. The molecular formula is C17H19NO5. The van der Waals surface area contributed by atoms with Crippen molar-refractivity contribution in [2.75, 3.05) is 6.61 Å². The molecule has 0 aliphatic heterocycles. The van der Waals surface area contributed by atoms with Crippen LogP contribution in [-0.2, 0) is 16.0 Å². The van der Waals surface area contributed by atoms with Crippen molar-refractivity contribution in [3.8, 4) is 0 Å². The van der Waals surface area contributed by atoms with Crippen LogP contribution in [0.15, 0.2) is 39.6 Å². The molecule has 1 aromatic heterocycles. The highest BCUT2D eigenvalue weighted by molar-refractivity contribution is 5.77. The number of esters is 1.